The molecule has 1 heteroatoms. The van der Waals surface area contributed by atoms with Gasteiger partial charge < -0.3 is 0 Å². The summed E-state index contributed by atoms with van der Waals surface area (Å²) in [7, 11) is 0. The van der Waals surface area contributed by atoms with Crippen LogP contribution in [-0.4, -0.2) is 0 Å². The average Bonchev–Trinajstić information content (AvgIpc) is 1.96. The minimum Gasteiger partial charge on any atom is -0.212 e. The molecule has 0 aromatic carbocycles. The predicted molar refractivity (Wildman–Crippen MR) is 46.0 cm³/mol. The third kappa shape index (κ3) is 1.47. The van der Waals surface area contributed by atoms with E-state index in [0.29, 0.717) is 5.92 Å². The Balaban J connectivity index is 2.69. The number of rotatable bonds is 2. The van der Waals surface area contributed by atoms with E-state index >= 15 is 0 Å². The lowest BCUT2D eigenvalue weighted by atomic mass is 9.59. The number of halogens is 1. The summed E-state index contributed by atoms with van der Waals surface area (Å²) in [5, 5.41) is 0. The zero-order valence-electron chi connectivity index (χ0n) is 7.65. The maximum atomic E-state index is 12.6. The average molecular weight is 156 g/mol. The molecule has 2 unspecified atom stereocenters. The topological polar surface area (TPSA) is 0 Å². The van der Waals surface area contributed by atoms with Crippen LogP contribution in [0.15, 0.2) is 11.9 Å². The molecule has 11 heavy (non-hydrogen) atoms. The first-order chi connectivity index (χ1) is 5.10. The Bertz CT molecular complexity index is 164. The van der Waals surface area contributed by atoms with Gasteiger partial charge in [0.25, 0.3) is 0 Å². The molecule has 1 fully saturated rings. The van der Waals surface area contributed by atoms with Gasteiger partial charge in [-0.15, -0.1) is 0 Å². The first kappa shape index (κ1) is 8.76. The second kappa shape index (κ2) is 2.96. The van der Waals surface area contributed by atoms with E-state index in [1.54, 1.807) is 6.92 Å². The van der Waals surface area contributed by atoms with Crippen LogP contribution in [0, 0.1) is 11.3 Å². The van der Waals surface area contributed by atoms with Gasteiger partial charge in [-0.2, -0.15) is 0 Å². The smallest absolute Gasteiger partial charge is 0.0934 e. The van der Waals surface area contributed by atoms with E-state index in [4.69, 9.17) is 0 Å². The predicted octanol–water partition coefficient (Wildman–Crippen LogP) is 3.69. The van der Waals surface area contributed by atoms with Crippen molar-refractivity contribution in [1.82, 2.24) is 0 Å². The summed E-state index contributed by atoms with van der Waals surface area (Å²) in [6.45, 7) is 5.91. The van der Waals surface area contributed by atoms with Crippen LogP contribution in [0.1, 0.15) is 40.0 Å². The van der Waals surface area contributed by atoms with E-state index < -0.39 is 0 Å². The van der Waals surface area contributed by atoms with Crippen molar-refractivity contribution >= 4 is 0 Å². The van der Waals surface area contributed by atoms with E-state index in [1.165, 1.54) is 12.8 Å². The Morgan fingerprint density at radius 2 is 2.36 bits per heavy atom. The molecule has 0 N–H and O–H groups in total. The molecule has 0 bridgehead atoms. The molecule has 0 aromatic heterocycles. The molecular formula is C10H17F. The maximum Gasteiger partial charge on any atom is 0.0934 e. The first-order valence-electron chi connectivity index (χ1n) is 4.45. The monoisotopic (exact) mass is 156 g/mol. The lowest BCUT2D eigenvalue weighted by Gasteiger charge is -2.45. The number of allylic oxidation sites excluding steroid dienone is 2. The van der Waals surface area contributed by atoms with Crippen molar-refractivity contribution in [3.8, 4) is 0 Å². The lowest BCUT2D eigenvalue weighted by Crippen LogP contribution is -2.36. The second-order valence-corrected chi connectivity index (χ2v) is 3.76. The molecule has 1 rings (SSSR count). The van der Waals surface area contributed by atoms with Crippen molar-refractivity contribution in [2.24, 2.45) is 11.3 Å². The number of hydrogen-bond acceptors (Lipinski definition) is 0. The molecule has 0 heterocycles. The summed E-state index contributed by atoms with van der Waals surface area (Å²) in [6.07, 6.45) is 5.33. The van der Waals surface area contributed by atoms with Gasteiger partial charge in [0.1, 0.15) is 0 Å². The molecule has 0 amide bonds. The zero-order chi connectivity index (χ0) is 8.48. The van der Waals surface area contributed by atoms with Crippen LogP contribution >= 0.6 is 0 Å². The van der Waals surface area contributed by atoms with Crippen molar-refractivity contribution in [3.05, 3.63) is 11.9 Å². The summed E-state index contributed by atoms with van der Waals surface area (Å²) in [6, 6.07) is 0. The van der Waals surface area contributed by atoms with Crippen LogP contribution in [0.2, 0.25) is 0 Å². The third-order valence-corrected chi connectivity index (χ3v) is 3.17. The Kier molecular flexibility index (Phi) is 2.36. The standard InChI is InChI=1S/C10H17F/c1-4-10(7-9(3)11)6-5-8(10)2/h7-8H,4-6H2,1-3H3/b9-7+. The van der Waals surface area contributed by atoms with Crippen molar-refractivity contribution in [1.29, 1.82) is 0 Å². The summed E-state index contributed by atoms with van der Waals surface area (Å²) >= 11 is 0. The summed E-state index contributed by atoms with van der Waals surface area (Å²) < 4.78 is 12.6. The first-order valence-corrected chi connectivity index (χ1v) is 4.45. The van der Waals surface area contributed by atoms with Gasteiger partial charge in [0.05, 0.1) is 5.83 Å². The van der Waals surface area contributed by atoms with Gasteiger partial charge >= 0.3 is 0 Å². The highest BCUT2D eigenvalue weighted by Crippen LogP contribution is 2.50. The summed E-state index contributed by atoms with van der Waals surface area (Å²) in [5.41, 5.74) is 0.207. The molecule has 0 radical (unpaired) electrons. The molecule has 2 atom stereocenters. The quantitative estimate of drug-likeness (QED) is 0.572. The Morgan fingerprint density at radius 1 is 1.73 bits per heavy atom. The minimum absolute atomic E-state index is 0.0154. The van der Waals surface area contributed by atoms with E-state index in [2.05, 4.69) is 13.8 Å². The van der Waals surface area contributed by atoms with Crippen LogP contribution < -0.4 is 0 Å². The summed E-state index contributed by atoms with van der Waals surface area (Å²) in [4.78, 5) is 0. The van der Waals surface area contributed by atoms with E-state index in [1.807, 2.05) is 6.08 Å². The highest BCUT2D eigenvalue weighted by Gasteiger charge is 2.40. The SMILES string of the molecule is CCC1(/C=C(\C)F)CCC1C. The van der Waals surface area contributed by atoms with Crippen molar-refractivity contribution in [2.45, 2.75) is 40.0 Å². The Morgan fingerprint density at radius 3 is 2.45 bits per heavy atom. The van der Waals surface area contributed by atoms with Gasteiger partial charge in [-0.05, 0) is 43.6 Å². The Hall–Kier alpha value is -0.330. The summed E-state index contributed by atoms with van der Waals surface area (Å²) in [5.74, 6) is 0.664. The molecule has 0 saturated heterocycles. The second-order valence-electron chi connectivity index (χ2n) is 3.76. The third-order valence-electron chi connectivity index (χ3n) is 3.17. The van der Waals surface area contributed by atoms with Crippen molar-refractivity contribution in [3.63, 3.8) is 0 Å². The van der Waals surface area contributed by atoms with Crippen LogP contribution in [0.3, 0.4) is 0 Å². The van der Waals surface area contributed by atoms with Crippen molar-refractivity contribution < 1.29 is 4.39 Å². The molecule has 64 valence electrons. The van der Waals surface area contributed by atoms with Crippen molar-refractivity contribution in [2.75, 3.05) is 0 Å². The van der Waals surface area contributed by atoms with E-state index in [9.17, 15) is 4.39 Å². The largest absolute Gasteiger partial charge is 0.212 e. The Labute approximate surface area is 68.5 Å². The lowest BCUT2D eigenvalue weighted by molar-refractivity contribution is 0.0936. The van der Waals surface area contributed by atoms with Gasteiger partial charge in [-0.25, -0.2) is 4.39 Å². The van der Waals surface area contributed by atoms with Gasteiger partial charge in [0.2, 0.25) is 0 Å². The van der Waals surface area contributed by atoms with Gasteiger partial charge in [0.15, 0.2) is 0 Å². The molecule has 1 saturated carbocycles. The molecule has 1 aliphatic rings. The fourth-order valence-electron chi connectivity index (χ4n) is 2.04. The highest BCUT2D eigenvalue weighted by atomic mass is 19.1. The molecule has 0 nitrogen and oxygen atoms in total. The van der Waals surface area contributed by atoms with Gasteiger partial charge in [-0.1, -0.05) is 13.8 Å². The van der Waals surface area contributed by atoms with Crippen LogP contribution in [0.25, 0.3) is 0 Å². The zero-order valence-corrected chi connectivity index (χ0v) is 7.65. The van der Waals surface area contributed by atoms with E-state index in [-0.39, 0.29) is 11.2 Å². The molecule has 0 spiro atoms. The van der Waals surface area contributed by atoms with Gasteiger partial charge in [-0.3, -0.25) is 0 Å². The van der Waals surface area contributed by atoms with Crippen LogP contribution in [-0.2, 0) is 0 Å². The fourth-order valence-corrected chi connectivity index (χ4v) is 2.04. The molecular weight excluding hydrogens is 139 g/mol. The van der Waals surface area contributed by atoms with Crippen LogP contribution in [0.5, 0.6) is 0 Å². The normalized spacial score (nSPS) is 38.5. The van der Waals surface area contributed by atoms with Crippen LogP contribution in [0.4, 0.5) is 4.39 Å². The molecule has 0 aliphatic heterocycles. The molecule has 0 aromatic rings. The maximum absolute atomic E-state index is 12.6. The fraction of sp³-hybridized carbons (Fsp3) is 0.800. The number of hydrogen-bond donors (Lipinski definition) is 0. The minimum atomic E-state index is -0.0154. The van der Waals surface area contributed by atoms with E-state index in [0.717, 1.165) is 6.42 Å². The van der Waals surface area contributed by atoms with Gasteiger partial charge in [0, 0.05) is 0 Å². The highest BCUT2D eigenvalue weighted by molar-refractivity contribution is 5.09. The molecule has 1 aliphatic carbocycles.